The van der Waals surface area contributed by atoms with Crippen LogP contribution in [-0.2, 0) is 28.7 Å². The van der Waals surface area contributed by atoms with Crippen LogP contribution < -0.4 is 0 Å². The number of hydrogen-bond donors (Lipinski definition) is 2. The van der Waals surface area contributed by atoms with E-state index >= 15 is 0 Å². The zero-order chi connectivity index (χ0) is 33.2. The van der Waals surface area contributed by atoms with E-state index in [-0.39, 0.29) is 17.5 Å². The molecule has 0 bridgehead atoms. The fourth-order valence-corrected chi connectivity index (χ4v) is 3.11. The van der Waals surface area contributed by atoms with Crippen LogP contribution in [0, 0.1) is 0 Å². The second-order valence-electron chi connectivity index (χ2n) is 10.1. The van der Waals surface area contributed by atoms with Crippen molar-refractivity contribution >= 4 is 23.9 Å². The van der Waals surface area contributed by atoms with Crippen LogP contribution in [0.1, 0.15) is 130 Å². The number of hydrogen-bond acceptors (Lipinski definition) is 6. The molecule has 0 spiro atoms. The molecule has 0 aromatic carbocycles. The lowest BCUT2D eigenvalue weighted by atomic mass is 10.0. The molecule has 0 heterocycles. The van der Waals surface area contributed by atoms with Crippen LogP contribution in [0.5, 0.6) is 0 Å². The van der Waals surface area contributed by atoms with Crippen molar-refractivity contribution in [2.75, 3.05) is 13.7 Å². The number of carboxylic acid groups (broad SMARTS) is 2. The Morgan fingerprint density at radius 2 is 0.881 bits per heavy atom. The third-order valence-corrected chi connectivity index (χ3v) is 5.65. The van der Waals surface area contributed by atoms with Crippen LogP contribution in [-0.4, -0.2) is 47.8 Å². The van der Waals surface area contributed by atoms with E-state index in [0.717, 1.165) is 12.5 Å². The molecule has 0 aliphatic carbocycles. The fraction of sp³-hybridized carbons (Fsp3) is 0.647. The molecular weight excluding hydrogens is 536 g/mol. The van der Waals surface area contributed by atoms with Gasteiger partial charge in [-0.3, -0.25) is 0 Å². The molecule has 244 valence electrons. The predicted octanol–water partition coefficient (Wildman–Crippen LogP) is 9.01. The first kappa shape index (κ1) is 45.8. The molecule has 0 amide bonds. The summed E-state index contributed by atoms with van der Waals surface area (Å²) in [5.41, 5.74) is 1.10. The molecule has 0 aliphatic rings. The monoisotopic (exact) mass is 596 g/mol. The Labute approximate surface area is 256 Å². The summed E-state index contributed by atoms with van der Waals surface area (Å²) < 4.78 is 9.36. The van der Waals surface area contributed by atoms with Crippen LogP contribution in [0.2, 0.25) is 0 Å². The average molecular weight is 597 g/mol. The number of carbonyl (C=O) groups is 4. The van der Waals surface area contributed by atoms with E-state index in [9.17, 15) is 19.2 Å². The second-order valence-corrected chi connectivity index (χ2v) is 10.1. The summed E-state index contributed by atoms with van der Waals surface area (Å²) in [7, 11) is 1.33. The van der Waals surface area contributed by atoms with Gasteiger partial charge in [0.2, 0.25) is 0 Å². The van der Waals surface area contributed by atoms with Gasteiger partial charge < -0.3 is 19.7 Å². The van der Waals surface area contributed by atoms with Gasteiger partial charge in [0.1, 0.15) is 0 Å². The summed E-state index contributed by atoms with van der Waals surface area (Å²) in [5, 5.41) is 15.5. The normalized spacial score (nSPS) is 9.26. The Kier molecular flexibility index (Phi) is 39.1. The molecule has 0 saturated carbocycles. The predicted molar refractivity (Wildman–Crippen MR) is 172 cm³/mol. The van der Waals surface area contributed by atoms with Gasteiger partial charge in [-0.15, -0.1) is 0 Å². The lowest BCUT2D eigenvalue weighted by molar-refractivity contribution is -0.139. The number of methoxy groups -OCH3 is 1. The minimum atomic E-state index is -0.981. The first-order valence-electron chi connectivity index (χ1n) is 15.1. The number of aliphatic carboxylic acids is 2. The molecular formula is C34H60O8. The van der Waals surface area contributed by atoms with Gasteiger partial charge in [-0.1, -0.05) is 130 Å². The lowest BCUT2D eigenvalue weighted by Gasteiger charge is -2.05. The van der Waals surface area contributed by atoms with Crippen molar-refractivity contribution in [2.24, 2.45) is 0 Å². The van der Waals surface area contributed by atoms with Gasteiger partial charge in [-0.2, -0.15) is 0 Å². The van der Waals surface area contributed by atoms with E-state index in [4.69, 9.17) is 14.9 Å². The van der Waals surface area contributed by atoms with Gasteiger partial charge in [0.05, 0.1) is 13.7 Å². The Bertz CT molecular complexity index is 756. The maximum atomic E-state index is 11.2. The zero-order valence-corrected chi connectivity index (χ0v) is 27.3. The highest BCUT2D eigenvalue weighted by molar-refractivity contribution is 5.87. The molecule has 0 saturated heterocycles. The highest BCUT2D eigenvalue weighted by Gasteiger charge is 2.01. The third kappa shape index (κ3) is 46.7. The summed E-state index contributed by atoms with van der Waals surface area (Å²) in [6.07, 6.45) is 22.6. The van der Waals surface area contributed by atoms with E-state index in [2.05, 4.69) is 38.0 Å². The van der Waals surface area contributed by atoms with Gasteiger partial charge >= 0.3 is 23.9 Å². The van der Waals surface area contributed by atoms with E-state index in [1.807, 2.05) is 0 Å². The van der Waals surface area contributed by atoms with E-state index in [1.165, 1.54) is 110 Å². The Balaban J connectivity index is -0.000000322. The van der Waals surface area contributed by atoms with Crippen molar-refractivity contribution in [1.82, 2.24) is 0 Å². The number of rotatable bonds is 21. The van der Waals surface area contributed by atoms with Gasteiger partial charge in [0.25, 0.3) is 0 Å². The molecule has 0 fully saturated rings. The van der Waals surface area contributed by atoms with Gasteiger partial charge in [0, 0.05) is 22.8 Å². The Morgan fingerprint density at radius 1 is 0.595 bits per heavy atom. The molecule has 8 nitrogen and oxygen atoms in total. The van der Waals surface area contributed by atoms with E-state index < -0.39 is 11.9 Å². The van der Waals surface area contributed by atoms with Crippen molar-refractivity contribution < 1.29 is 38.9 Å². The van der Waals surface area contributed by atoms with Gasteiger partial charge in [-0.25, -0.2) is 19.2 Å². The first-order chi connectivity index (χ1) is 19.8. The second kappa shape index (κ2) is 35.9. The van der Waals surface area contributed by atoms with Crippen LogP contribution in [0.25, 0.3) is 0 Å². The number of carbonyl (C=O) groups excluding carboxylic acids is 2. The zero-order valence-electron chi connectivity index (χ0n) is 27.3. The van der Waals surface area contributed by atoms with Gasteiger partial charge in [0.15, 0.2) is 0 Å². The molecule has 0 rings (SSSR count). The number of unbranched alkanes of at least 4 members (excludes halogenated alkanes) is 15. The quantitative estimate of drug-likeness (QED) is 0.0763. The maximum absolute atomic E-state index is 11.2. The largest absolute Gasteiger partial charge is 0.478 e. The number of esters is 2. The summed E-state index contributed by atoms with van der Waals surface area (Å²) in [6.45, 7) is 20.6. The third-order valence-electron chi connectivity index (χ3n) is 5.65. The van der Waals surface area contributed by atoms with Crippen molar-refractivity contribution in [3.05, 3.63) is 49.1 Å². The van der Waals surface area contributed by atoms with Gasteiger partial charge in [-0.05, 0) is 27.2 Å². The van der Waals surface area contributed by atoms with Crippen LogP contribution in [0.15, 0.2) is 49.1 Å². The lowest BCUT2D eigenvalue weighted by Crippen LogP contribution is -2.05. The Hall–Kier alpha value is -3.16. The van der Waals surface area contributed by atoms with Crippen LogP contribution in [0.4, 0.5) is 0 Å². The van der Waals surface area contributed by atoms with Crippen LogP contribution >= 0.6 is 0 Å². The smallest absolute Gasteiger partial charge is 0.333 e. The topological polar surface area (TPSA) is 127 Å². The van der Waals surface area contributed by atoms with Crippen molar-refractivity contribution in [3.63, 3.8) is 0 Å². The van der Waals surface area contributed by atoms with E-state index in [0.29, 0.717) is 17.8 Å². The SMILES string of the molecule is C=C(C)C(=O)O.C=C(C)C(=O)OC.C=C(C)C(=O)OCCCCCCCCCCCCCCCCCC.C=CC(=O)O. The van der Waals surface area contributed by atoms with Crippen molar-refractivity contribution in [3.8, 4) is 0 Å². The average Bonchev–Trinajstić information content (AvgIpc) is 2.94. The molecule has 0 atom stereocenters. The highest BCUT2D eigenvalue weighted by atomic mass is 16.5. The maximum Gasteiger partial charge on any atom is 0.333 e. The van der Waals surface area contributed by atoms with Crippen molar-refractivity contribution in [1.29, 1.82) is 0 Å². The number of carboxylic acids is 2. The summed E-state index contributed by atoms with van der Waals surface area (Å²) in [4.78, 5) is 40.2. The molecule has 0 aromatic rings. The molecule has 8 heteroatoms. The molecule has 0 aliphatic heterocycles. The highest BCUT2D eigenvalue weighted by Crippen LogP contribution is 2.13. The molecule has 0 aromatic heterocycles. The van der Waals surface area contributed by atoms with Crippen molar-refractivity contribution in [2.45, 2.75) is 130 Å². The molecule has 42 heavy (non-hydrogen) atoms. The molecule has 2 N–H and O–H groups in total. The molecule has 0 radical (unpaired) electrons. The van der Waals surface area contributed by atoms with E-state index in [1.54, 1.807) is 13.8 Å². The fourth-order valence-electron chi connectivity index (χ4n) is 3.11. The minimum absolute atomic E-state index is 0.176. The summed E-state index contributed by atoms with van der Waals surface area (Å²) in [6, 6.07) is 0. The summed E-state index contributed by atoms with van der Waals surface area (Å²) >= 11 is 0. The minimum Gasteiger partial charge on any atom is -0.478 e. The Morgan fingerprint density at radius 3 is 1.07 bits per heavy atom. The number of ether oxygens (including phenoxy) is 2. The summed E-state index contributed by atoms with van der Waals surface area (Å²) in [5.74, 6) is -2.52. The first-order valence-corrected chi connectivity index (χ1v) is 15.1. The standard InChI is InChI=1S/C22H42O2.C5H8O2.C4H6O2.C3H4O2/c1-4-5-6-7-8-9-10-11-12-13-14-15-16-17-18-19-20-24-22(23)21(2)3;1-4(2)5(6)7-3;1-3(2)4(5)6;1-2-3(4)5/h2,4-20H2,1,3H3;1H2,2-3H3;1H2,2H3,(H,5,6);2H,1H2,(H,4,5). The van der Waals surface area contributed by atoms with Crippen LogP contribution in [0.3, 0.4) is 0 Å². The molecule has 0 unspecified atom stereocenters.